The highest BCUT2D eigenvalue weighted by Crippen LogP contribution is 2.28. The first-order valence-electron chi connectivity index (χ1n) is 10.1. The summed E-state index contributed by atoms with van der Waals surface area (Å²) < 4.78 is 17.7. The largest absolute Gasteiger partial charge is 0.490 e. The number of oxazole rings is 1. The molecule has 4 rings (SSSR count). The molecule has 8 nitrogen and oxygen atoms in total. The summed E-state index contributed by atoms with van der Waals surface area (Å²) in [5, 5.41) is 0. The van der Waals surface area contributed by atoms with Crippen molar-refractivity contribution in [2.45, 2.75) is 18.9 Å². The molecule has 0 unspecified atom stereocenters. The summed E-state index contributed by atoms with van der Waals surface area (Å²) in [5.74, 6) is 0.685. The lowest BCUT2D eigenvalue weighted by molar-refractivity contribution is -0.137. The molecule has 9 heteroatoms. The van der Waals surface area contributed by atoms with E-state index in [1.54, 1.807) is 4.90 Å². The minimum absolute atomic E-state index is 0.0695. The van der Waals surface area contributed by atoms with Gasteiger partial charge in [-0.2, -0.15) is 0 Å². The number of piperidine rings is 1. The third-order valence-electron chi connectivity index (χ3n) is 5.48. The summed E-state index contributed by atoms with van der Waals surface area (Å²) in [6, 6.07) is 7.66. The van der Waals surface area contributed by atoms with Gasteiger partial charge in [0.05, 0.1) is 19.4 Å². The van der Waals surface area contributed by atoms with Gasteiger partial charge in [-0.25, -0.2) is 4.98 Å². The monoisotopic (exact) mass is 477 g/mol. The quantitative estimate of drug-likeness (QED) is 0.657. The molecule has 0 N–H and O–H groups in total. The number of morpholine rings is 1. The minimum Gasteiger partial charge on any atom is -0.490 e. The van der Waals surface area contributed by atoms with E-state index in [4.69, 9.17) is 13.9 Å². The number of hydrogen-bond donors (Lipinski definition) is 0. The van der Waals surface area contributed by atoms with Crippen LogP contribution in [-0.4, -0.2) is 72.1 Å². The fraction of sp³-hybridized carbons (Fsp3) is 0.476. The summed E-state index contributed by atoms with van der Waals surface area (Å²) in [6.07, 6.45) is 3.45. The molecule has 2 fully saturated rings. The van der Waals surface area contributed by atoms with Crippen molar-refractivity contribution in [3.8, 4) is 5.75 Å². The van der Waals surface area contributed by atoms with E-state index in [1.807, 2.05) is 29.2 Å². The number of hydrogen-bond acceptors (Lipinski definition) is 6. The van der Waals surface area contributed by atoms with Gasteiger partial charge in [0.2, 0.25) is 11.7 Å². The Morgan fingerprint density at radius 2 is 2.03 bits per heavy atom. The zero-order valence-corrected chi connectivity index (χ0v) is 18.1. The van der Waals surface area contributed by atoms with Crippen LogP contribution in [0.2, 0.25) is 0 Å². The van der Waals surface area contributed by atoms with E-state index in [0.717, 1.165) is 10.2 Å². The Kier molecular flexibility index (Phi) is 6.69. The molecule has 0 bridgehead atoms. The first kappa shape index (κ1) is 20.9. The van der Waals surface area contributed by atoms with Crippen molar-refractivity contribution in [1.82, 2.24) is 14.8 Å². The Hall–Kier alpha value is -2.39. The number of ether oxygens (including phenoxy) is 2. The number of halogens is 1. The Balaban J connectivity index is 1.48. The van der Waals surface area contributed by atoms with Crippen molar-refractivity contribution in [2.24, 2.45) is 5.92 Å². The number of carbonyl (C=O) groups is 2. The van der Waals surface area contributed by atoms with Crippen LogP contribution in [0.25, 0.3) is 0 Å². The highest BCUT2D eigenvalue weighted by atomic mass is 79.9. The molecule has 0 aliphatic carbocycles. The molecule has 0 spiro atoms. The van der Waals surface area contributed by atoms with Gasteiger partial charge in [0.15, 0.2) is 6.39 Å². The number of rotatable bonds is 5. The zero-order valence-electron chi connectivity index (χ0n) is 16.5. The predicted octanol–water partition coefficient (Wildman–Crippen LogP) is 2.60. The van der Waals surface area contributed by atoms with Gasteiger partial charge in [0.1, 0.15) is 11.9 Å². The summed E-state index contributed by atoms with van der Waals surface area (Å²) >= 11 is 3.46. The van der Waals surface area contributed by atoms with Crippen molar-refractivity contribution < 1.29 is 23.5 Å². The number of amides is 2. The van der Waals surface area contributed by atoms with Gasteiger partial charge >= 0.3 is 0 Å². The van der Waals surface area contributed by atoms with E-state index in [1.165, 1.54) is 12.6 Å². The van der Waals surface area contributed by atoms with Crippen molar-refractivity contribution in [1.29, 1.82) is 0 Å². The zero-order chi connectivity index (χ0) is 20.9. The predicted molar refractivity (Wildman–Crippen MR) is 111 cm³/mol. The van der Waals surface area contributed by atoms with Crippen LogP contribution in [0, 0.1) is 5.92 Å². The van der Waals surface area contributed by atoms with Crippen LogP contribution < -0.4 is 4.74 Å². The minimum atomic E-state index is -0.211. The van der Waals surface area contributed by atoms with Crippen LogP contribution in [0.4, 0.5) is 0 Å². The molecular weight excluding hydrogens is 454 g/mol. The highest BCUT2D eigenvalue weighted by molar-refractivity contribution is 9.10. The lowest BCUT2D eigenvalue weighted by Crippen LogP contribution is -2.50. The highest BCUT2D eigenvalue weighted by Gasteiger charge is 2.36. The molecular formula is C21H24BrN3O5. The lowest BCUT2D eigenvalue weighted by atomic mass is 9.90. The molecule has 2 aliphatic rings. The summed E-state index contributed by atoms with van der Waals surface area (Å²) in [5.41, 5.74) is 0. The van der Waals surface area contributed by atoms with E-state index >= 15 is 0 Å². The molecule has 2 atom stereocenters. The third kappa shape index (κ3) is 5.02. The van der Waals surface area contributed by atoms with Gasteiger partial charge in [-0.3, -0.25) is 9.59 Å². The molecule has 0 saturated carbocycles. The maximum atomic E-state index is 12.9. The van der Waals surface area contributed by atoms with Gasteiger partial charge in [-0.15, -0.1) is 0 Å². The number of aromatic nitrogens is 1. The molecule has 1 aromatic heterocycles. The fourth-order valence-electron chi connectivity index (χ4n) is 3.90. The maximum absolute atomic E-state index is 12.9. The van der Waals surface area contributed by atoms with Crippen LogP contribution >= 0.6 is 15.9 Å². The van der Waals surface area contributed by atoms with Crippen molar-refractivity contribution in [3.05, 3.63) is 47.1 Å². The third-order valence-corrected chi connectivity index (χ3v) is 5.97. The van der Waals surface area contributed by atoms with E-state index < -0.39 is 0 Å². The average molecular weight is 478 g/mol. The first-order chi connectivity index (χ1) is 14.6. The normalized spacial score (nSPS) is 22.0. The lowest BCUT2D eigenvalue weighted by Gasteiger charge is -2.39. The molecule has 1 aromatic carbocycles. The van der Waals surface area contributed by atoms with Crippen molar-refractivity contribution in [2.75, 3.05) is 39.4 Å². The maximum Gasteiger partial charge on any atom is 0.291 e. The standard InChI is InChI=1S/C21H24BrN3O5/c22-16-2-1-3-17(11-16)30-18-4-5-25(21(27)19-12-23-14-29-19)13-15(18)10-20(26)24-6-8-28-9-7-24/h1-3,11-12,14-15,18H,4-10,13H2/t15-,18-/m0/s1. The van der Waals surface area contributed by atoms with E-state index in [9.17, 15) is 9.59 Å². The second-order valence-electron chi connectivity index (χ2n) is 7.48. The Bertz CT molecular complexity index is 869. The van der Waals surface area contributed by atoms with Crippen LogP contribution in [-0.2, 0) is 9.53 Å². The molecule has 0 radical (unpaired) electrons. The number of likely N-dealkylation sites (tertiary alicyclic amines) is 1. The average Bonchev–Trinajstić information content (AvgIpc) is 3.30. The Labute approximate surface area is 183 Å². The van der Waals surface area contributed by atoms with E-state index in [0.29, 0.717) is 52.2 Å². The molecule has 2 saturated heterocycles. The molecule has 2 amide bonds. The fourth-order valence-corrected chi connectivity index (χ4v) is 4.28. The smallest absolute Gasteiger partial charge is 0.291 e. The second kappa shape index (κ2) is 9.61. The summed E-state index contributed by atoms with van der Waals surface area (Å²) in [6.45, 7) is 3.27. The van der Waals surface area contributed by atoms with Gasteiger partial charge in [-0.05, 0) is 18.2 Å². The van der Waals surface area contributed by atoms with E-state index in [2.05, 4.69) is 20.9 Å². The summed E-state index contributed by atoms with van der Waals surface area (Å²) in [7, 11) is 0. The first-order valence-corrected chi connectivity index (χ1v) is 10.8. The van der Waals surface area contributed by atoms with Gasteiger partial charge in [0.25, 0.3) is 5.91 Å². The molecule has 160 valence electrons. The van der Waals surface area contributed by atoms with Crippen LogP contribution in [0.15, 0.2) is 45.7 Å². The van der Waals surface area contributed by atoms with Crippen LogP contribution in [0.3, 0.4) is 0 Å². The van der Waals surface area contributed by atoms with Gasteiger partial charge in [-0.1, -0.05) is 22.0 Å². The van der Waals surface area contributed by atoms with Crippen molar-refractivity contribution >= 4 is 27.7 Å². The SMILES string of the molecule is O=C(C[C@H]1CN(C(=O)c2cnco2)CC[C@@H]1Oc1cccc(Br)c1)N1CCOCC1. The molecule has 2 aromatic rings. The second-order valence-corrected chi connectivity index (χ2v) is 8.39. The molecule has 3 heterocycles. The van der Waals surface area contributed by atoms with Gasteiger partial charge in [0, 0.05) is 49.4 Å². The van der Waals surface area contributed by atoms with Crippen LogP contribution in [0.5, 0.6) is 5.75 Å². The number of benzene rings is 1. The molecule has 2 aliphatic heterocycles. The number of carbonyl (C=O) groups excluding carboxylic acids is 2. The Morgan fingerprint density at radius 1 is 1.20 bits per heavy atom. The van der Waals surface area contributed by atoms with E-state index in [-0.39, 0.29) is 29.6 Å². The molecule has 30 heavy (non-hydrogen) atoms. The summed E-state index contributed by atoms with van der Waals surface area (Å²) in [4.78, 5) is 33.0. The van der Waals surface area contributed by atoms with Gasteiger partial charge < -0.3 is 23.7 Å². The van der Waals surface area contributed by atoms with Crippen molar-refractivity contribution in [3.63, 3.8) is 0 Å². The topological polar surface area (TPSA) is 85.1 Å². The Morgan fingerprint density at radius 3 is 2.77 bits per heavy atom. The van der Waals surface area contributed by atoms with Crippen LogP contribution in [0.1, 0.15) is 23.4 Å². The number of nitrogens with zero attached hydrogens (tertiary/aromatic N) is 3.